The highest BCUT2D eigenvalue weighted by Crippen LogP contribution is 2.62. The largest absolute Gasteiger partial charge is 0.337 e. The van der Waals surface area contributed by atoms with E-state index in [9.17, 15) is 0 Å². The fourth-order valence-corrected chi connectivity index (χ4v) is 10.2. The van der Waals surface area contributed by atoms with Gasteiger partial charge in [-0.2, -0.15) is 0 Å². The molecule has 0 N–H and O–H groups in total. The minimum Gasteiger partial charge on any atom is -0.337 e. The van der Waals surface area contributed by atoms with Gasteiger partial charge in [0.2, 0.25) is 0 Å². The van der Waals surface area contributed by atoms with Crippen LogP contribution in [0.2, 0.25) is 0 Å². The molecule has 55 heavy (non-hydrogen) atoms. The Morgan fingerprint density at radius 3 is 1.44 bits per heavy atom. The predicted octanol–water partition coefficient (Wildman–Crippen LogP) is 13.3. The van der Waals surface area contributed by atoms with Gasteiger partial charge in [-0.05, 0) is 120 Å². The first-order valence-corrected chi connectivity index (χ1v) is 19.6. The minimum absolute atomic E-state index is 0.0768. The van der Waals surface area contributed by atoms with Crippen LogP contribution in [0.15, 0.2) is 188 Å². The van der Waals surface area contributed by atoms with Crippen molar-refractivity contribution in [1.29, 1.82) is 0 Å². The van der Waals surface area contributed by atoms with Crippen LogP contribution in [-0.2, 0) is 23.8 Å². The molecule has 262 valence electrons. The van der Waals surface area contributed by atoms with Gasteiger partial charge < -0.3 is 4.90 Å². The van der Waals surface area contributed by atoms with Crippen molar-refractivity contribution in [2.45, 2.75) is 37.6 Å². The average molecular weight is 704 g/mol. The van der Waals surface area contributed by atoms with E-state index in [0.29, 0.717) is 0 Å². The molecule has 0 bridgehead atoms. The number of anilines is 2. The minimum atomic E-state index is -0.327. The molecule has 8 aromatic rings. The summed E-state index contributed by atoms with van der Waals surface area (Å²) in [5.74, 6) is 0. The highest BCUT2D eigenvalue weighted by atomic mass is 15.1. The maximum atomic E-state index is 2.52. The molecule has 0 amide bonds. The monoisotopic (exact) mass is 703 g/mol. The van der Waals surface area contributed by atoms with Gasteiger partial charge in [-0.1, -0.05) is 172 Å². The molecule has 3 aliphatic carbocycles. The van der Waals surface area contributed by atoms with Crippen LogP contribution in [0.5, 0.6) is 0 Å². The van der Waals surface area contributed by atoms with Crippen molar-refractivity contribution in [1.82, 2.24) is 0 Å². The number of fused-ring (bicyclic) bond motifs is 13. The van der Waals surface area contributed by atoms with E-state index in [-0.39, 0.29) is 10.8 Å². The van der Waals surface area contributed by atoms with Crippen LogP contribution >= 0.6 is 0 Å². The summed E-state index contributed by atoms with van der Waals surface area (Å²) in [6.45, 7) is 5.49. The Bertz CT molecular complexity index is 2740. The molecule has 1 heteroatoms. The second-order valence-electron chi connectivity index (χ2n) is 16.1. The summed E-state index contributed by atoms with van der Waals surface area (Å²) < 4.78 is 0. The van der Waals surface area contributed by atoms with Crippen LogP contribution in [-0.4, -0.2) is 0 Å². The molecule has 0 aliphatic heterocycles. The summed E-state index contributed by atoms with van der Waals surface area (Å²) >= 11 is 0. The van der Waals surface area contributed by atoms with Gasteiger partial charge in [-0.25, -0.2) is 0 Å². The van der Waals surface area contributed by atoms with Crippen molar-refractivity contribution >= 4 is 11.4 Å². The second-order valence-corrected chi connectivity index (χ2v) is 16.1. The van der Waals surface area contributed by atoms with Gasteiger partial charge in [0.05, 0.1) is 5.41 Å². The van der Waals surface area contributed by atoms with E-state index in [0.717, 1.165) is 13.0 Å². The summed E-state index contributed by atoms with van der Waals surface area (Å²) in [5.41, 5.74) is 22.3. The number of nitrogens with zero attached hydrogens (tertiary/aromatic N) is 1. The maximum absolute atomic E-state index is 2.52. The zero-order valence-corrected chi connectivity index (χ0v) is 31.3. The molecule has 0 atom stereocenters. The van der Waals surface area contributed by atoms with Crippen LogP contribution < -0.4 is 4.90 Å². The first kappa shape index (κ1) is 32.0. The maximum Gasteiger partial charge on any atom is 0.0725 e. The summed E-state index contributed by atoms with van der Waals surface area (Å²) in [6, 6.07) is 70.6. The first-order valence-electron chi connectivity index (χ1n) is 19.6. The third-order valence-electron chi connectivity index (χ3n) is 12.8. The van der Waals surface area contributed by atoms with Gasteiger partial charge in [0.1, 0.15) is 0 Å². The van der Waals surface area contributed by atoms with Gasteiger partial charge in [-0.15, -0.1) is 0 Å². The van der Waals surface area contributed by atoms with Crippen LogP contribution in [0.3, 0.4) is 0 Å². The second kappa shape index (κ2) is 12.0. The molecule has 11 rings (SSSR count). The molecule has 0 saturated carbocycles. The number of hydrogen-bond donors (Lipinski definition) is 0. The van der Waals surface area contributed by atoms with Crippen LogP contribution in [0.4, 0.5) is 11.4 Å². The normalized spacial score (nSPS) is 14.4. The molecule has 0 unspecified atom stereocenters. The summed E-state index contributed by atoms with van der Waals surface area (Å²) in [4.78, 5) is 2.52. The lowest BCUT2D eigenvalue weighted by molar-refractivity contribution is 0.660. The highest BCUT2D eigenvalue weighted by molar-refractivity contribution is 5.95. The standard InChI is InChI=1S/C54H41N/c1-53(2)47-20-10-6-16-41(47)45-30-29-40(34-52(45)53)55(39-27-24-37(25-28-39)32-36-14-4-3-5-15-36)35-38-26-31-51-46(33-38)44-19-9-13-23-50(44)54(51)48-21-11-7-17-42(48)43-18-8-12-22-49(43)54/h3-31,33-34H,32,35H2,1-2H3. The van der Waals surface area contributed by atoms with E-state index >= 15 is 0 Å². The van der Waals surface area contributed by atoms with Crippen molar-refractivity contribution in [3.05, 3.63) is 238 Å². The van der Waals surface area contributed by atoms with Gasteiger partial charge in [0, 0.05) is 23.3 Å². The Kier molecular flexibility index (Phi) is 7.01. The summed E-state index contributed by atoms with van der Waals surface area (Å²) in [5, 5.41) is 0. The van der Waals surface area contributed by atoms with E-state index in [1.54, 1.807) is 0 Å². The van der Waals surface area contributed by atoms with Gasteiger partial charge >= 0.3 is 0 Å². The van der Waals surface area contributed by atoms with E-state index < -0.39 is 0 Å². The Morgan fingerprint density at radius 2 is 0.800 bits per heavy atom. The fourth-order valence-electron chi connectivity index (χ4n) is 10.2. The Hall–Kier alpha value is -6.44. The zero-order valence-electron chi connectivity index (χ0n) is 31.3. The third-order valence-corrected chi connectivity index (χ3v) is 12.8. The molecule has 8 aromatic carbocycles. The number of rotatable bonds is 6. The lowest BCUT2D eigenvalue weighted by Gasteiger charge is -2.31. The molecule has 0 saturated heterocycles. The van der Waals surface area contributed by atoms with Crippen molar-refractivity contribution in [2.75, 3.05) is 4.90 Å². The van der Waals surface area contributed by atoms with E-state index in [2.05, 4.69) is 207 Å². The van der Waals surface area contributed by atoms with E-state index in [4.69, 9.17) is 0 Å². The lowest BCUT2D eigenvalue weighted by Crippen LogP contribution is -2.25. The fraction of sp³-hybridized carbons (Fsp3) is 0.111. The zero-order chi connectivity index (χ0) is 36.7. The molecule has 1 nitrogen and oxygen atoms in total. The topological polar surface area (TPSA) is 3.24 Å². The van der Waals surface area contributed by atoms with E-state index in [1.807, 2.05) is 0 Å². The summed E-state index contributed by atoms with van der Waals surface area (Å²) in [6.07, 6.45) is 0.921. The predicted molar refractivity (Wildman–Crippen MR) is 228 cm³/mol. The number of benzene rings is 8. The summed E-state index contributed by atoms with van der Waals surface area (Å²) in [7, 11) is 0. The van der Waals surface area contributed by atoms with Crippen LogP contribution in [0.1, 0.15) is 63.9 Å². The number of hydrogen-bond acceptors (Lipinski definition) is 1. The smallest absolute Gasteiger partial charge is 0.0725 e. The van der Waals surface area contributed by atoms with Crippen molar-refractivity contribution in [3.63, 3.8) is 0 Å². The van der Waals surface area contributed by atoms with Crippen LogP contribution in [0, 0.1) is 0 Å². The third kappa shape index (κ3) is 4.66. The van der Waals surface area contributed by atoms with Gasteiger partial charge in [0.25, 0.3) is 0 Å². The Labute approximate surface area is 324 Å². The molecule has 3 aliphatic rings. The van der Waals surface area contributed by atoms with Crippen molar-refractivity contribution < 1.29 is 0 Å². The lowest BCUT2D eigenvalue weighted by atomic mass is 9.70. The van der Waals surface area contributed by atoms with Crippen molar-refractivity contribution in [2.24, 2.45) is 0 Å². The molecule has 0 radical (unpaired) electrons. The van der Waals surface area contributed by atoms with Gasteiger partial charge in [-0.3, -0.25) is 0 Å². The molecule has 0 heterocycles. The molecular formula is C54H41N. The molecular weight excluding hydrogens is 663 g/mol. The Morgan fingerprint density at radius 1 is 0.345 bits per heavy atom. The van der Waals surface area contributed by atoms with Gasteiger partial charge in [0.15, 0.2) is 0 Å². The average Bonchev–Trinajstić information content (AvgIpc) is 3.79. The molecule has 1 spiro atoms. The first-order chi connectivity index (χ1) is 27.0. The molecule has 0 fully saturated rings. The Balaban J connectivity index is 1.04. The quantitative estimate of drug-likeness (QED) is 0.167. The van der Waals surface area contributed by atoms with Crippen molar-refractivity contribution in [3.8, 4) is 33.4 Å². The van der Waals surface area contributed by atoms with Crippen LogP contribution in [0.25, 0.3) is 33.4 Å². The SMILES string of the molecule is CC1(C)c2ccccc2-c2ccc(N(Cc3ccc4c(c3)-c3ccccc3C43c4ccccc4-c4ccccc43)c3ccc(Cc4ccccc4)cc3)cc21. The van der Waals surface area contributed by atoms with E-state index in [1.165, 1.54) is 94.8 Å². The molecule has 0 aromatic heterocycles. The highest BCUT2D eigenvalue weighted by Gasteiger charge is 2.51.